The second-order valence-corrected chi connectivity index (χ2v) is 5.53. The predicted octanol–water partition coefficient (Wildman–Crippen LogP) is 1.65. The van der Waals surface area contributed by atoms with Crippen LogP contribution in [0.1, 0.15) is 23.2 Å². The van der Waals surface area contributed by atoms with E-state index < -0.39 is 29.7 Å². The standard InChI is InChI=1S/C14H15FINO5/c1-21-12(18)6-5-11(14(20)22-2)17-13(19)9-4-3-8(16)7-10(9)15/h3-4,7,11H,5-6H2,1-2H3,(H,17,19)/t11-/m1/s1. The number of ether oxygens (including phenoxy) is 2. The van der Waals surface area contributed by atoms with Gasteiger partial charge in [0.15, 0.2) is 0 Å². The van der Waals surface area contributed by atoms with E-state index in [-0.39, 0.29) is 18.4 Å². The molecule has 22 heavy (non-hydrogen) atoms. The highest BCUT2D eigenvalue weighted by Crippen LogP contribution is 2.13. The van der Waals surface area contributed by atoms with Crippen LogP contribution in [-0.2, 0) is 19.1 Å². The van der Waals surface area contributed by atoms with Crippen LogP contribution in [0.5, 0.6) is 0 Å². The maximum absolute atomic E-state index is 13.7. The van der Waals surface area contributed by atoms with E-state index in [9.17, 15) is 18.8 Å². The van der Waals surface area contributed by atoms with Crippen LogP contribution >= 0.6 is 22.6 Å². The molecule has 0 bridgehead atoms. The zero-order chi connectivity index (χ0) is 16.7. The molecule has 1 rings (SSSR count). The number of esters is 2. The lowest BCUT2D eigenvalue weighted by atomic mass is 10.1. The lowest BCUT2D eigenvalue weighted by molar-refractivity contribution is -0.144. The molecule has 120 valence electrons. The van der Waals surface area contributed by atoms with Crippen LogP contribution in [0.3, 0.4) is 0 Å². The molecule has 0 aliphatic rings. The predicted molar refractivity (Wildman–Crippen MR) is 83.6 cm³/mol. The average Bonchev–Trinajstić information content (AvgIpc) is 2.49. The van der Waals surface area contributed by atoms with Crippen molar-refractivity contribution >= 4 is 40.4 Å². The fourth-order valence-corrected chi connectivity index (χ4v) is 2.12. The maximum Gasteiger partial charge on any atom is 0.328 e. The van der Waals surface area contributed by atoms with E-state index in [0.717, 1.165) is 7.11 Å². The van der Waals surface area contributed by atoms with Gasteiger partial charge in [-0.05, 0) is 47.2 Å². The summed E-state index contributed by atoms with van der Waals surface area (Å²) < 4.78 is 23.4. The number of hydrogen-bond donors (Lipinski definition) is 1. The Bertz CT molecular complexity index is 578. The number of carbonyl (C=O) groups excluding carboxylic acids is 3. The molecule has 0 aromatic heterocycles. The van der Waals surface area contributed by atoms with Crippen molar-refractivity contribution in [3.63, 3.8) is 0 Å². The van der Waals surface area contributed by atoms with Gasteiger partial charge >= 0.3 is 11.9 Å². The largest absolute Gasteiger partial charge is 0.469 e. The van der Waals surface area contributed by atoms with Crippen LogP contribution in [0.25, 0.3) is 0 Å². The van der Waals surface area contributed by atoms with Crippen molar-refractivity contribution < 1.29 is 28.2 Å². The second kappa shape index (κ2) is 8.66. The summed E-state index contributed by atoms with van der Waals surface area (Å²) >= 11 is 1.92. The Morgan fingerprint density at radius 3 is 2.50 bits per heavy atom. The summed E-state index contributed by atoms with van der Waals surface area (Å²) in [6.45, 7) is 0. The van der Waals surface area contributed by atoms with Gasteiger partial charge in [0.1, 0.15) is 11.9 Å². The Morgan fingerprint density at radius 1 is 1.27 bits per heavy atom. The van der Waals surface area contributed by atoms with Crippen LogP contribution in [0.2, 0.25) is 0 Å². The van der Waals surface area contributed by atoms with Crippen molar-refractivity contribution in [1.82, 2.24) is 5.32 Å². The molecular weight excluding hydrogens is 408 g/mol. The number of rotatable bonds is 6. The third-order valence-corrected chi connectivity index (χ3v) is 3.50. The Kier molecular flexibility index (Phi) is 7.22. The Hall–Kier alpha value is -1.71. The average molecular weight is 423 g/mol. The smallest absolute Gasteiger partial charge is 0.328 e. The molecule has 0 fully saturated rings. The molecule has 0 unspecified atom stereocenters. The van der Waals surface area contributed by atoms with Crippen molar-refractivity contribution in [3.8, 4) is 0 Å². The third-order valence-electron chi connectivity index (χ3n) is 2.83. The maximum atomic E-state index is 13.7. The van der Waals surface area contributed by atoms with Gasteiger partial charge < -0.3 is 14.8 Å². The van der Waals surface area contributed by atoms with Crippen LogP contribution in [0, 0.1) is 9.39 Å². The molecule has 8 heteroatoms. The van der Waals surface area contributed by atoms with Gasteiger partial charge in [0.05, 0.1) is 19.8 Å². The minimum absolute atomic E-state index is 0.00290. The van der Waals surface area contributed by atoms with Crippen LogP contribution in [-0.4, -0.2) is 38.1 Å². The molecule has 0 aliphatic carbocycles. The number of nitrogens with one attached hydrogen (secondary N) is 1. The van der Waals surface area contributed by atoms with Crippen LogP contribution < -0.4 is 5.32 Å². The number of hydrogen-bond acceptors (Lipinski definition) is 5. The summed E-state index contributed by atoms with van der Waals surface area (Å²) in [6, 6.07) is 3.04. The quantitative estimate of drug-likeness (QED) is 0.556. The van der Waals surface area contributed by atoms with Crippen LogP contribution in [0.4, 0.5) is 4.39 Å². The first-order valence-corrected chi connectivity index (χ1v) is 7.37. The summed E-state index contributed by atoms with van der Waals surface area (Å²) in [6.07, 6.45) is -0.0806. The van der Waals surface area contributed by atoms with E-state index >= 15 is 0 Å². The Labute approximate surface area is 140 Å². The van der Waals surface area contributed by atoms with E-state index in [2.05, 4.69) is 14.8 Å². The molecule has 1 atom stereocenters. The number of carbonyl (C=O) groups is 3. The molecule has 0 saturated carbocycles. The molecule has 1 aromatic rings. The number of methoxy groups -OCH3 is 2. The van der Waals surface area contributed by atoms with Crippen LogP contribution in [0.15, 0.2) is 18.2 Å². The molecule has 0 spiro atoms. The molecule has 1 amide bonds. The number of benzene rings is 1. The van der Waals surface area contributed by atoms with Crippen molar-refractivity contribution in [3.05, 3.63) is 33.1 Å². The SMILES string of the molecule is COC(=O)CC[C@@H](NC(=O)c1ccc(I)cc1F)C(=O)OC. The lowest BCUT2D eigenvalue weighted by Gasteiger charge is -2.16. The normalized spacial score (nSPS) is 11.5. The van der Waals surface area contributed by atoms with Gasteiger partial charge in [-0.15, -0.1) is 0 Å². The molecule has 1 aromatic carbocycles. The van der Waals surface area contributed by atoms with Gasteiger partial charge in [-0.2, -0.15) is 0 Å². The molecule has 1 N–H and O–H groups in total. The monoisotopic (exact) mass is 423 g/mol. The minimum atomic E-state index is -1.06. The number of halogens is 2. The summed E-state index contributed by atoms with van der Waals surface area (Å²) in [5.74, 6) is -2.69. The highest BCUT2D eigenvalue weighted by atomic mass is 127. The van der Waals surface area contributed by atoms with Gasteiger partial charge in [0, 0.05) is 9.99 Å². The minimum Gasteiger partial charge on any atom is -0.469 e. The first-order chi connectivity index (χ1) is 10.4. The summed E-state index contributed by atoms with van der Waals surface area (Å²) in [7, 11) is 2.38. The summed E-state index contributed by atoms with van der Waals surface area (Å²) in [4.78, 5) is 34.8. The third kappa shape index (κ3) is 5.24. The van der Waals surface area contributed by atoms with Gasteiger partial charge in [-0.25, -0.2) is 9.18 Å². The van der Waals surface area contributed by atoms with Gasteiger partial charge in [-0.1, -0.05) is 0 Å². The van der Waals surface area contributed by atoms with E-state index in [1.807, 2.05) is 22.6 Å². The van der Waals surface area contributed by atoms with E-state index in [4.69, 9.17) is 0 Å². The van der Waals surface area contributed by atoms with E-state index in [1.165, 1.54) is 19.2 Å². The van der Waals surface area contributed by atoms with Crippen molar-refractivity contribution in [2.45, 2.75) is 18.9 Å². The van der Waals surface area contributed by atoms with E-state index in [1.54, 1.807) is 6.07 Å². The first kappa shape index (κ1) is 18.3. The molecular formula is C14H15FINO5. The molecule has 6 nitrogen and oxygen atoms in total. The summed E-state index contributed by atoms with van der Waals surface area (Å²) in [5, 5.41) is 2.36. The Balaban J connectivity index is 2.81. The second-order valence-electron chi connectivity index (χ2n) is 4.29. The fraction of sp³-hybridized carbons (Fsp3) is 0.357. The topological polar surface area (TPSA) is 81.7 Å². The van der Waals surface area contributed by atoms with Crippen molar-refractivity contribution in [2.24, 2.45) is 0 Å². The number of amides is 1. The van der Waals surface area contributed by atoms with Gasteiger partial charge in [0.25, 0.3) is 5.91 Å². The van der Waals surface area contributed by atoms with E-state index in [0.29, 0.717) is 3.57 Å². The highest BCUT2D eigenvalue weighted by Gasteiger charge is 2.24. The fourth-order valence-electron chi connectivity index (χ4n) is 1.67. The Morgan fingerprint density at radius 2 is 1.95 bits per heavy atom. The molecule has 0 heterocycles. The first-order valence-electron chi connectivity index (χ1n) is 6.29. The van der Waals surface area contributed by atoms with Gasteiger partial charge in [0.2, 0.25) is 0 Å². The lowest BCUT2D eigenvalue weighted by Crippen LogP contribution is -2.42. The molecule has 0 saturated heterocycles. The zero-order valence-electron chi connectivity index (χ0n) is 12.0. The molecule has 0 aliphatic heterocycles. The molecule has 0 radical (unpaired) electrons. The van der Waals surface area contributed by atoms with Crippen molar-refractivity contribution in [2.75, 3.05) is 14.2 Å². The van der Waals surface area contributed by atoms with Crippen molar-refractivity contribution in [1.29, 1.82) is 0 Å². The van der Waals surface area contributed by atoms with Gasteiger partial charge in [-0.3, -0.25) is 9.59 Å². The summed E-state index contributed by atoms with van der Waals surface area (Å²) in [5.41, 5.74) is -0.188. The zero-order valence-corrected chi connectivity index (χ0v) is 14.2. The highest BCUT2D eigenvalue weighted by molar-refractivity contribution is 14.1.